The van der Waals surface area contributed by atoms with Gasteiger partial charge in [-0.2, -0.15) is 10.2 Å². The third-order valence-electron chi connectivity index (χ3n) is 5.58. The molecule has 4 aromatic rings. The van der Waals surface area contributed by atoms with Gasteiger partial charge in [0.25, 0.3) is 5.91 Å². The van der Waals surface area contributed by atoms with Crippen molar-refractivity contribution in [2.24, 2.45) is 0 Å². The Morgan fingerprint density at radius 2 is 1.94 bits per heavy atom. The van der Waals surface area contributed by atoms with Crippen molar-refractivity contribution in [2.75, 3.05) is 19.0 Å². The molecule has 0 atom stereocenters. The van der Waals surface area contributed by atoms with Crippen LogP contribution in [0.15, 0.2) is 24.7 Å². The Bertz CT molecular complexity index is 1470. The fourth-order valence-electron chi connectivity index (χ4n) is 3.76. The van der Waals surface area contributed by atoms with Gasteiger partial charge in [-0.3, -0.25) is 9.48 Å². The van der Waals surface area contributed by atoms with Gasteiger partial charge in [-0.15, -0.1) is 11.3 Å². The molecule has 188 valence electrons. The SMILES string of the molecule is CCCOC(=O)c1c(NC(=O)c2cnn3c(-c4cn(CC)nc4C)ccnc23)sc(C(=O)OC)c1C. The molecule has 0 aliphatic rings. The summed E-state index contributed by atoms with van der Waals surface area (Å²) in [6, 6.07) is 1.80. The van der Waals surface area contributed by atoms with Gasteiger partial charge in [0.1, 0.15) is 15.4 Å². The fraction of sp³-hybridized carbons (Fsp3) is 0.333. The number of nitrogens with one attached hydrogen (secondary N) is 1. The third-order valence-corrected chi connectivity index (χ3v) is 6.77. The van der Waals surface area contributed by atoms with E-state index >= 15 is 0 Å². The summed E-state index contributed by atoms with van der Waals surface area (Å²) in [6.07, 6.45) is 5.57. The molecule has 0 fully saturated rings. The fourth-order valence-corrected chi connectivity index (χ4v) is 4.87. The van der Waals surface area contributed by atoms with Crippen LogP contribution in [-0.4, -0.2) is 55.9 Å². The number of hydrogen-bond donors (Lipinski definition) is 1. The zero-order chi connectivity index (χ0) is 26.0. The summed E-state index contributed by atoms with van der Waals surface area (Å²) in [6.45, 7) is 8.32. The number of rotatable bonds is 8. The maximum atomic E-state index is 13.3. The van der Waals surface area contributed by atoms with Crippen LogP contribution in [0.5, 0.6) is 0 Å². The Morgan fingerprint density at radius 3 is 2.61 bits per heavy atom. The van der Waals surface area contributed by atoms with Crippen molar-refractivity contribution in [3.05, 3.63) is 51.9 Å². The molecule has 0 radical (unpaired) electrons. The number of thiophene rings is 1. The standard InChI is InChI=1S/C24H26N6O5S/c1-6-10-35-23(32)18-13(3)19(24(33)34-5)36-22(18)27-21(31)15-11-26-30-17(8-9-25-20(15)30)16-12-29(7-2)28-14(16)4/h8-9,11-12H,6-7,10H2,1-5H3,(H,27,31). The number of esters is 2. The van der Waals surface area contributed by atoms with Crippen LogP contribution in [0.2, 0.25) is 0 Å². The molecule has 0 aromatic carbocycles. The van der Waals surface area contributed by atoms with E-state index in [1.807, 2.05) is 31.6 Å². The number of carbonyl (C=O) groups excluding carboxylic acids is 3. The van der Waals surface area contributed by atoms with Crippen molar-refractivity contribution in [2.45, 2.75) is 40.7 Å². The van der Waals surface area contributed by atoms with E-state index in [0.29, 0.717) is 17.6 Å². The van der Waals surface area contributed by atoms with Crippen LogP contribution < -0.4 is 5.32 Å². The molecule has 36 heavy (non-hydrogen) atoms. The first-order valence-electron chi connectivity index (χ1n) is 11.4. The highest BCUT2D eigenvalue weighted by molar-refractivity contribution is 7.18. The molecule has 1 N–H and O–H groups in total. The molecule has 11 nitrogen and oxygen atoms in total. The number of carbonyl (C=O) groups is 3. The van der Waals surface area contributed by atoms with E-state index in [4.69, 9.17) is 9.47 Å². The average Bonchev–Trinajstić information content (AvgIpc) is 3.56. The van der Waals surface area contributed by atoms with Crippen LogP contribution in [-0.2, 0) is 16.0 Å². The minimum Gasteiger partial charge on any atom is -0.465 e. The Kier molecular flexibility index (Phi) is 7.15. The summed E-state index contributed by atoms with van der Waals surface area (Å²) >= 11 is 0.953. The van der Waals surface area contributed by atoms with Crippen LogP contribution in [0, 0.1) is 13.8 Å². The van der Waals surface area contributed by atoms with Crippen LogP contribution in [0.4, 0.5) is 5.00 Å². The average molecular weight is 511 g/mol. The number of anilines is 1. The second-order valence-electron chi connectivity index (χ2n) is 7.95. The van der Waals surface area contributed by atoms with Gasteiger partial charge < -0.3 is 14.8 Å². The summed E-state index contributed by atoms with van der Waals surface area (Å²) in [5, 5.41) is 11.8. The Hall–Kier alpha value is -4.06. The predicted octanol–water partition coefficient (Wildman–Crippen LogP) is 3.90. The number of fused-ring (bicyclic) bond motifs is 1. The Labute approximate surface area is 211 Å². The van der Waals surface area contributed by atoms with E-state index in [2.05, 4.69) is 20.5 Å². The van der Waals surface area contributed by atoms with Crippen molar-refractivity contribution in [1.29, 1.82) is 0 Å². The molecule has 1 amide bonds. The molecule has 4 rings (SSSR count). The molecule has 0 aliphatic carbocycles. The summed E-state index contributed by atoms with van der Waals surface area (Å²) in [5.74, 6) is -1.76. The summed E-state index contributed by atoms with van der Waals surface area (Å²) in [5.41, 5.74) is 3.48. The first-order valence-corrected chi connectivity index (χ1v) is 12.2. The van der Waals surface area contributed by atoms with Crippen LogP contribution in [0.1, 0.15) is 61.9 Å². The van der Waals surface area contributed by atoms with Crippen LogP contribution in [0.3, 0.4) is 0 Å². The molecule has 0 saturated heterocycles. The molecule has 0 unspecified atom stereocenters. The molecule has 12 heteroatoms. The molecular weight excluding hydrogens is 484 g/mol. The van der Waals surface area contributed by atoms with Gasteiger partial charge in [0.05, 0.1) is 36.9 Å². The second-order valence-corrected chi connectivity index (χ2v) is 8.97. The molecular formula is C24H26N6O5S. The molecule has 4 heterocycles. The van der Waals surface area contributed by atoms with Gasteiger partial charge in [-0.25, -0.2) is 19.1 Å². The number of nitrogens with zero attached hydrogens (tertiary/aromatic N) is 5. The van der Waals surface area contributed by atoms with Gasteiger partial charge in [-0.05, 0) is 38.8 Å². The van der Waals surface area contributed by atoms with E-state index in [-0.39, 0.29) is 27.6 Å². The lowest BCUT2D eigenvalue weighted by molar-refractivity contribution is 0.0506. The van der Waals surface area contributed by atoms with Crippen molar-refractivity contribution in [3.63, 3.8) is 0 Å². The first kappa shape index (κ1) is 25.0. The molecule has 0 saturated carbocycles. The smallest absolute Gasteiger partial charge is 0.348 e. The molecule has 0 bridgehead atoms. The zero-order valence-electron chi connectivity index (χ0n) is 20.6. The van der Waals surface area contributed by atoms with E-state index in [1.54, 1.807) is 23.7 Å². The molecule has 0 aliphatic heterocycles. The highest BCUT2D eigenvalue weighted by atomic mass is 32.1. The molecule has 0 spiro atoms. The first-order chi connectivity index (χ1) is 17.3. The summed E-state index contributed by atoms with van der Waals surface area (Å²) in [7, 11) is 1.25. The number of amides is 1. The largest absolute Gasteiger partial charge is 0.465 e. The predicted molar refractivity (Wildman–Crippen MR) is 134 cm³/mol. The van der Waals surface area contributed by atoms with Gasteiger partial charge >= 0.3 is 11.9 Å². The van der Waals surface area contributed by atoms with E-state index < -0.39 is 17.8 Å². The highest BCUT2D eigenvalue weighted by Crippen LogP contribution is 2.35. The van der Waals surface area contributed by atoms with Crippen LogP contribution >= 0.6 is 11.3 Å². The second kappa shape index (κ2) is 10.3. The number of ether oxygens (including phenoxy) is 2. The normalized spacial score (nSPS) is 11.0. The highest BCUT2D eigenvalue weighted by Gasteiger charge is 2.28. The Balaban J connectivity index is 1.72. The number of aryl methyl sites for hydroxylation is 2. The molecule has 4 aromatic heterocycles. The van der Waals surface area contributed by atoms with Crippen molar-refractivity contribution < 1.29 is 23.9 Å². The van der Waals surface area contributed by atoms with Crippen molar-refractivity contribution >= 4 is 39.8 Å². The lowest BCUT2D eigenvalue weighted by Gasteiger charge is -2.07. The maximum Gasteiger partial charge on any atom is 0.348 e. The Morgan fingerprint density at radius 1 is 1.17 bits per heavy atom. The quantitative estimate of drug-likeness (QED) is 0.353. The van der Waals surface area contributed by atoms with Gasteiger partial charge in [-0.1, -0.05) is 6.92 Å². The van der Waals surface area contributed by atoms with Gasteiger partial charge in [0, 0.05) is 24.5 Å². The maximum absolute atomic E-state index is 13.3. The minimum atomic E-state index is -0.625. The number of aromatic nitrogens is 5. The van der Waals surface area contributed by atoms with Crippen molar-refractivity contribution in [1.82, 2.24) is 24.4 Å². The summed E-state index contributed by atoms with van der Waals surface area (Å²) in [4.78, 5) is 42.9. The number of methoxy groups -OCH3 is 1. The lowest BCUT2D eigenvalue weighted by atomic mass is 10.1. The monoisotopic (exact) mass is 510 g/mol. The summed E-state index contributed by atoms with van der Waals surface area (Å²) < 4.78 is 13.5. The van der Waals surface area contributed by atoms with E-state index in [1.165, 1.54) is 13.3 Å². The van der Waals surface area contributed by atoms with E-state index in [9.17, 15) is 14.4 Å². The van der Waals surface area contributed by atoms with Crippen molar-refractivity contribution in [3.8, 4) is 11.3 Å². The minimum absolute atomic E-state index is 0.120. The van der Waals surface area contributed by atoms with Crippen LogP contribution in [0.25, 0.3) is 16.9 Å². The van der Waals surface area contributed by atoms with Gasteiger partial charge in [0.15, 0.2) is 5.65 Å². The van der Waals surface area contributed by atoms with E-state index in [0.717, 1.165) is 34.8 Å². The number of hydrogen-bond acceptors (Lipinski definition) is 9. The third kappa shape index (κ3) is 4.47. The van der Waals surface area contributed by atoms with Gasteiger partial charge in [0.2, 0.25) is 0 Å². The lowest BCUT2D eigenvalue weighted by Crippen LogP contribution is -2.15. The zero-order valence-corrected chi connectivity index (χ0v) is 21.4. The topological polar surface area (TPSA) is 130 Å².